The minimum atomic E-state index is -0.895. The summed E-state index contributed by atoms with van der Waals surface area (Å²) in [5.74, 6) is -5.31. The summed E-state index contributed by atoms with van der Waals surface area (Å²) in [6.07, 6.45) is 1.57. The normalized spacial score (nSPS) is 13.0. The maximum Gasteiger partial charge on any atom is 0.333 e. The summed E-state index contributed by atoms with van der Waals surface area (Å²) in [7, 11) is 4.03. The molecule has 1 heterocycles. The Labute approximate surface area is 302 Å². The first-order chi connectivity index (χ1) is 24.6. The third-order valence-corrected chi connectivity index (χ3v) is 6.48. The highest BCUT2D eigenvalue weighted by Crippen LogP contribution is 2.05. The molecule has 0 unspecified atom stereocenters. The van der Waals surface area contributed by atoms with Crippen LogP contribution in [-0.4, -0.2) is 161 Å². The number of morpholine rings is 1. The number of methoxy groups -OCH3 is 1. The van der Waals surface area contributed by atoms with E-state index in [1.54, 1.807) is 18.7 Å². The molecule has 0 N–H and O–H groups in total. The van der Waals surface area contributed by atoms with Gasteiger partial charge < -0.3 is 47.9 Å². The number of rotatable bonds is 18. The van der Waals surface area contributed by atoms with Crippen LogP contribution in [-0.2, 0) is 76.3 Å². The lowest BCUT2D eigenvalue weighted by molar-refractivity contribution is -0.157. The Morgan fingerprint density at radius 1 is 0.731 bits per heavy atom. The van der Waals surface area contributed by atoms with Gasteiger partial charge in [0, 0.05) is 51.0 Å². The van der Waals surface area contributed by atoms with Gasteiger partial charge in [0.15, 0.2) is 6.10 Å². The van der Waals surface area contributed by atoms with Gasteiger partial charge in [-0.25, -0.2) is 19.2 Å². The summed E-state index contributed by atoms with van der Waals surface area (Å²) in [5, 5.41) is 0. The second-order valence-corrected chi connectivity index (χ2v) is 10.6. The summed E-state index contributed by atoms with van der Waals surface area (Å²) >= 11 is 0. The van der Waals surface area contributed by atoms with Crippen LogP contribution in [0.25, 0.3) is 0 Å². The monoisotopic (exact) mass is 743 g/mol. The van der Waals surface area contributed by atoms with Crippen molar-refractivity contribution in [2.75, 3.05) is 87.0 Å². The second-order valence-electron chi connectivity index (χ2n) is 10.6. The van der Waals surface area contributed by atoms with Crippen molar-refractivity contribution >= 4 is 53.5 Å². The van der Waals surface area contributed by atoms with Crippen molar-refractivity contribution in [3.05, 3.63) is 23.8 Å². The second kappa shape index (κ2) is 26.5. The molecule has 1 atom stereocenters. The Morgan fingerprint density at radius 2 is 1.21 bits per heavy atom. The zero-order valence-electron chi connectivity index (χ0n) is 30.7. The molecule has 1 aliphatic heterocycles. The van der Waals surface area contributed by atoms with E-state index in [1.807, 2.05) is 0 Å². The summed E-state index contributed by atoms with van der Waals surface area (Å²) in [4.78, 5) is 108. The first-order valence-electron chi connectivity index (χ1n) is 16.2. The van der Waals surface area contributed by atoms with Crippen LogP contribution in [0.5, 0.6) is 0 Å². The molecule has 19 nitrogen and oxygen atoms in total. The van der Waals surface area contributed by atoms with Crippen LogP contribution in [0.4, 0.5) is 0 Å². The smallest absolute Gasteiger partial charge is 0.333 e. The fourth-order valence-electron chi connectivity index (χ4n) is 3.73. The topological polar surface area (TPSA) is 228 Å². The van der Waals surface area contributed by atoms with Crippen molar-refractivity contribution in [2.45, 2.75) is 46.6 Å². The lowest BCUT2D eigenvalue weighted by Gasteiger charge is -2.28. The SMILES string of the molecule is CCOC(=O)CN(C)C(=O)CCOC(=O)/C=C(\C)C(=O)OCCC(=O)N(C)CC(=O)OCC.COC(=O)/C=C/C(=O)O[C@@H](C)C(=O)N1CCOCC1. The maximum atomic E-state index is 11.9. The van der Waals surface area contributed by atoms with Gasteiger partial charge in [-0.2, -0.15) is 0 Å². The lowest BCUT2D eigenvalue weighted by atomic mass is 10.3. The van der Waals surface area contributed by atoms with Crippen molar-refractivity contribution in [2.24, 2.45) is 0 Å². The first kappa shape index (κ1) is 46.7. The van der Waals surface area contributed by atoms with Gasteiger partial charge in [-0.15, -0.1) is 0 Å². The summed E-state index contributed by atoms with van der Waals surface area (Å²) in [5.41, 5.74) is -0.0573. The van der Waals surface area contributed by atoms with Crippen LogP contribution >= 0.6 is 0 Å². The Kier molecular flexibility index (Phi) is 23.8. The van der Waals surface area contributed by atoms with Crippen LogP contribution in [0.15, 0.2) is 23.8 Å². The summed E-state index contributed by atoms with van der Waals surface area (Å²) in [6.45, 7) is 7.54. The average molecular weight is 744 g/mol. The molecule has 1 rings (SSSR count). The molecule has 0 bridgehead atoms. The predicted molar refractivity (Wildman–Crippen MR) is 178 cm³/mol. The zero-order chi connectivity index (χ0) is 39.6. The van der Waals surface area contributed by atoms with Crippen molar-refractivity contribution in [3.8, 4) is 0 Å². The molecule has 0 aromatic rings. The van der Waals surface area contributed by atoms with Crippen LogP contribution in [0, 0.1) is 0 Å². The van der Waals surface area contributed by atoms with Crippen LogP contribution in [0.2, 0.25) is 0 Å². The molecular formula is C33H49N3O16. The van der Waals surface area contributed by atoms with Gasteiger partial charge in [-0.1, -0.05) is 0 Å². The molecule has 0 aromatic heterocycles. The molecule has 3 amide bonds. The van der Waals surface area contributed by atoms with Crippen LogP contribution in [0.1, 0.15) is 40.5 Å². The van der Waals surface area contributed by atoms with Gasteiger partial charge >= 0.3 is 35.8 Å². The van der Waals surface area contributed by atoms with E-state index < -0.39 is 53.7 Å². The maximum absolute atomic E-state index is 11.9. The average Bonchev–Trinajstić information content (AvgIpc) is 3.10. The Morgan fingerprint density at radius 3 is 1.69 bits per heavy atom. The molecule has 0 saturated carbocycles. The molecule has 0 aliphatic carbocycles. The van der Waals surface area contributed by atoms with E-state index in [0.717, 1.165) is 28.0 Å². The third kappa shape index (κ3) is 21.0. The van der Waals surface area contributed by atoms with Crippen LogP contribution in [0.3, 0.4) is 0 Å². The van der Waals surface area contributed by atoms with E-state index in [4.69, 9.17) is 28.4 Å². The van der Waals surface area contributed by atoms with Crippen molar-refractivity contribution < 1.29 is 76.3 Å². The summed E-state index contributed by atoms with van der Waals surface area (Å²) < 4.78 is 33.6. The number of hydrogen-bond donors (Lipinski definition) is 0. The van der Waals surface area contributed by atoms with E-state index in [-0.39, 0.29) is 63.8 Å². The molecular weight excluding hydrogens is 694 g/mol. The van der Waals surface area contributed by atoms with Crippen LogP contribution < -0.4 is 0 Å². The zero-order valence-corrected chi connectivity index (χ0v) is 30.7. The molecule has 292 valence electrons. The number of esters is 6. The fourth-order valence-corrected chi connectivity index (χ4v) is 3.73. The Hall–Kier alpha value is -5.33. The van der Waals surface area contributed by atoms with Gasteiger partial charge in [-0.3, -0.25) is 24.0 Å². The van der Waals surface area contributed by atoms with Crippen molar-refractivity contribution in [3.63, 3.8) is 0 Å². The highest BCUT2D eigenvalue weighted by atomic mass is 16.6. The van der Waals surface area contributed by atoms with Gasteiger partial charge in [0.1, 0.15) is 26.3 Å². The number of likely N-dealkylation sites (N-methyl/N-ethyl adjacent to an activating group) is 2. The number of hydrogen-bond acceptors (Lipinski definition) is 16. The highest BCUT2D eigenvalue weighted by molar-refractivity contribution is 5.96. The van der Waals surface area contributed by atoms with Gasteiger partial charge in [0.05, 0.1) is 46.4 Å². The Balaban J connectivity index is 0.00000115. The number of carbonyl (C=O) groups excluding carboxylic acids is 9. The quantitative estimate of drug-likeness (QED) is 0.0965. The predicted octanol–water partition coefficient (Wildman–Crippen LogP) is -0.652. The van der Waals surface area contributed by atoms with E-state index in [2.05, 4.69) is 4.74 Å². The summed E-state index contributed by atoms with van der Waals surface area (Å²) in [6, 6.07) is 0. The van der Waals surface area contributed by atoms with E-state index >= 15 is 0 Å². The number of carbonyl (C=O) groups is 9. The minimum absolute atomic E-state index is 0.0573. The highest BCUT2D eigenvalue weighted by Gasteiger charge is 2.25. The number of amides is 3. The van der Waals surface area contributed by atoms with E-state index in [9.17, 15) is 43.2 Å². The number of nitrogens with zero attached hydrogens (tertiary/aromatic N) is 3. The molecule has 19 heteroatoms. The number of ether oxygens (including phenoxy) is 7. The van der Waals surface area contributed by atoms with E-state index in [1.165, 1.54) is 35.1 Å². The third-order valence-electron chi connectivity index (χ3n) is 6.48. The van der Waals surface area contributed by atoms with Gasteiger partial charge in [-0.05, 0) is 27.7 Å². The largest absolute Gasteiger partial charge is 0.466 e. The molecule has 52 heavy (non-hydrogen) atoms. The van der Waals surface area contributed by atoms with Gasteiger partial charge in [0.2, 0.25) is 11.8 Å². The standard InChI is InChI=1S/C21H32N2O10.C12H17NO6/c1-6-30-19(27)13-22(4)16(24)8-10-32-18(26)12-15(3)21(29)33-11-9-17(25)23(5)14-20(28)31-7-2;1-9(12(16)13-5-7-18-8-6-13)19-11(15)4-3-10(14)17-2/h12H,6-11,13-14H2,1-5H3;3-4,9H,5-8H2,1-2H3/b15-12+;4-3+/t;9-/m.0/s1. The molecule has 0 spiro atoms. The van der Waals surface area contributed by atoms with Crippen molar-refractivity contribution in [1.29, 1.82) is 0 Å². The fraction of sp³-hybridized carbons (Fsp3) is 0.606. The molecule has 1 fully saturated rings. The minimum Gasteiger partial charge on any atom is -0.466 e. The van der Waals surface area contributed by atoms with Crippen molar-refractivity contribution in [1.82, 2.24) is 14.7 Å². The molecule has 0 radical (unpaired) electrons. The lowest BCUT2D eigenvalue weighted by Crippen LogP contribution is -2.45. The molecule has 0 aromatic carbocycles. The molecule has 1 saturated heterocycles. The van der Waals surface area contributed by atoms with Gasteiger partial charge in [0.25, 0.3) is 5.91 Å². The first-order valence-corrected chi connectivity index (χ1v) is 16.2. The van der Waals surface area contributed by atoms with E-state index in [0.29, 0.717) is 26.3 Å². The Bertz CT molecular complexity index is 1310. The molecule has 1 aliphatic rings.